The normalized spacial score (nSPS) is 12.7. The molecule has 8 heteroatoms. The van der Waals surface area contributed by atoms with Crippen LogP contribution in [0.5, 0.6) is 0 Å². The van der Waals surface area contributed by atoms with Gasteiger partial charge < -0.3 is 21.1 Å². The maximum absolute atomic E-state index is 12.6. The zero-order valence-corrected chi connectivity index (χ0v) is 16.6. The van der Waals surface area contributed by atoms with Crippen molar-refractivity contribution in [2.75, 3.05) is 6.54 Å². The third-order valence-corrected chi connectivity index (χ3v) is 3.99. The van der Waals surface area contributed by atoms with Crippen LogP contribution in [0.1, 0.15) is 39.2 Å². The standard InChI is InChI=1S/C20H29N3O5/c1-4-22-19(26)17(24)15(11-10-14-8-6-5-7-9-14)23-18(25)16(12-13(2)3)28-20(21)27/h5-9,13,15-16H,4,10-12H2,1-3H3,(H2,21,27)(H,22,26)(H,23,25)/t15-,16-/m0/s1. The summed E-state index contributed by atoms with van der Waals surface area (Å²) in [5.74, 6) is -2.11. The molecule has 0 saturated carbocycles. The predicted molar refractivity (Wildman–Crippen MR) is 104 cm³/mol. The molecule has 0 bridgehead atoms. The van der Waals surface area contributed by atoms with Gasteiger partial charge in [0.25, 0.3) is 11.8 Å². The fourth-order valence-electron chi connectivity index (χ4n) is 2.67. The zero-order valence-electron chi connectivity index (χ0n) is 16.6. The summed E-state index contributed by atoms with van der Waals surface area (Å²) in [6, 6.07) is 8.37. The van der Waals surface area contributed by atoms with Crippen molar-refractivity contribution in [3.63, 3.8) is 0 Å². The van der Waals surface area contributed by atoms with E-state index in [1.54, 1.807) is 6.92 Å². The maximum atomic E-state index is 12.6. The molecule has 8 nitrogen and oxygen atoms in total. The summed E-state index contributed by atoms with van der Waals surface area (Å²) in [5, 5.41) is 5.00. The third-order valence-electron chi connectivity index (χ3n) is 3.99. The number of benzene rings is 1. The lowest BCUT2D eigenvalue weighted by molar-refractivity contribution is -0.141. The second-order valence-electron chi connectivity index (χ2n) is 6.86. The molecule has 0 aliphatic carbocycles. The number of aryl methyl sites for hydroxylation is 1. The lowest BCUT2D eigenvalue weighted by Crippen LogP contribution is -2.51. The number of carbonyl (C=O) groups excluding carboxylic acids is 4. The number of hydrogen-bond acceptors (Lipinski definition) is 5. The Balaban J connectivity index is 2.91. The molecule has 1 aromatic carbocycles. The first kappa shape index (κ1) is 23.1. The van der Waals surface area contributed by atoms with Crippen LogP contribution in [0.2, 0.25) is 0 Å². The number of hydrogen-bond donors (Lipinski definition) is 3. The summed E-state index contributed by atoms with van der Waals surface area (Å²) in [6.45, 7) is 5.71. The van der Waals surface area contributed by atoms with Gasteiger partial charge in [-0.2, -0.15) is 0 Å². The van der Waals surface area contributed by atoms with Gasteiger partial charge in [0.05, 0.1) is 6.04 Å². The van der Waals surface area contributed by atoms with Crippen LogP contribution in [0.15, 0.2) is 30.3 Å². The number of likely N-dealkylation sites (N-methyl/N-ethyl adjacent to an activating group) is 1. The van der Waals surface area contributed by atoms with Crippen LogP contribution in [0, 0.1) is 5.92 Å². The lowest BCUT2D eigenvalue weighted by atomic mass is 10.00. The Morgan fingerprint density at radius 1 is 1.11 bits per heavy atom. The second kappa shape index (κ2) is 11.7. The Kier molecular flexibility index (Phi) is 9.70. The van der Waals surface area contributed by atoms with E-state index >= 15 is 0 Å². The van der Waals surface area contributed by atoms with Crippen LogP contribution < -0.4 is 16.4 Å². The first-order valence-corrected chi connectivity index (χ1v) is 9.37. The van der Waals surface area contributed by atoms with Crippen molar-refractivity contribution in [1.82, 2.24) is 10.6 Å². The summed E-state index contributed by atoms with van der Waals surface area (Å²) in [7, 11) is 0. The summed E-state index contributed by atoms with van der Waals surface area (Å²) in [4.78, 5) is 48.2. The minimum atomic E-state index is -1.13. The van der Waals surface area contributed by atoms with Gasteiger partial charge in [0.1, 0.15) is 0 Å². The number of rotatable bonds is 11. The highest BCUT2D eigenvalue weighted by Crippen LogP contribution is 2.11. The van der Waals surface area contributed by atoms with Crippen LogP contribution >= 0.6 is 0 Å². The number of carbonyl (C=O) groups is 4. The molecular weight excluding hydrogens is 362 g/mol. The van der Waals surface area contributed by atoms with E-state index < -0.39 is 35.8 Å². The number of nitrogens with one attached hydrogen (secondary N) is 2. The molecule has 0 spiro atoms. The summed E-state index contributed by atoms with van der Waals surface area (Å²) < 4.78 is 4.89. The zero-order chi connectivity index (χ0) is 21.1. The number of ketones is 1. The molecule has 3 amide bonds. The van der Waals surface area contributed by atoms with Gasteiger partial charge in [0.2, 0.25) is 5.78 Å². The Bertz CT molecular complexity index is 676. The van der Waals surface area contributed by atoms with E-state index in [0.717, 1.165) is 5.56 Å². The fourth-order valence-corrected chi connectivity index (χ4v) is 2.67. The van der Waals surface area contributed by atoms with Crippen molar-refractivity contribution in [3.8, 4) is 0 Å². The van der Waals surface area contributed by atoms with E-state index in [4.69, 9.17) is 10.5 Å². The number of ether oxygens (including phenoxy) is 1. The van der Waals surface area contributed by atoms with Crippen molar-refractivity contribution in [2.24, 2.45) is 11.7 Å². The molecule has 0 heterocycles. The molecule has 0 unspecified atom stereocenters. The summed E-state index contributed by atoms with van der Waals surface area (Å²) >= 11 is 0. The van der Waals surface area contributed by atoms with Crippen LogP contribution in [0.25, 0.3) is 0 Å². The highest BCUT2D eigenvalue weighted by atomic mass is 16.6. The molecule has 0 radical (unpaired) electrons. The Labute approximate surface area is 165 Å². The van der Waals surface area contributed by atoms with Crippen molar-refractivity contribution in [1.29, 1.82) is 0 Å². The SMILES string of the molecule is CCNC(=O)C(=O)[C@H](CCc1ccccc1)NC(=O)[C@H](CC(C)C)OC(N)=O. The molecule has 154 valence electrons. The molecular formula is C20H29N3O5. The van der Waals surface area contributed by atoms with Crippen molar-refractivity contribution in [3.05, 3.63) is 35.9 Å². The van der Waals surface area contributed by atoms with Gasteiger partial charge in [-0.25, -0.2) is 4.79 Å². The lowest BCUT2D eigenvalue weighted by Gasteiger charge is -2.22. The largest absolute Gasteiger partial charge is 0.436 e. The fraction of sp³-hybridized carbons (Fsp3) is 0.500. The first-order chi connectivity index (χ1) is 13.2. The molecule has 1 rings (SSSR count). The smallest absolute Gasteiger partial charge is 0.405 e. The van der Waals surface area contributed by atoms with Crippen molar-refractivity contribution in [2.45, 2.75) is 52.2 Å². The van der Waals surface area contributed by atoms with E-state index in [9.17, 15) is 19.2 Å². The van der Waals surface area contributed by atoms with Gasteiger partial charge in [-0.1, -0.05) is 44.2 Å². The van der Waals surface area contributed by atoms with Gasteiger partial charge in [0.15, 0.2) is 6.10 Å². The van der Waals surface area contributed by atoms with Crippen molar-refractivity contribution < 1.29 is 23.9 Å². The summed E-state index contributed by atoms with van der Waals surface area (Å²) in [6.07, 6.45) is -1.23. The van der Waals surface area contributed by atoms with Crippen LogP contribution in [0.4, 0.5) is 4.79 Å². The highest BCUT2D eigenvalue weighted by Gasteiger charge is 2.30. The van der Waals surface area contributed by atoms with Gasteiger partial charge in [-0.3, -0.25) is 14.4 Å². The van der Waals surface area contributed by atoms with Crippen LogP contribution in [-0.2, 0) is 25.5 Å². The van der Waals surface area contributed by atoms with Gasteiger partial charge in [0, 0.05) is 6.54 Å². The van der Waals surface area contributed by atoms with Gasteiger partial charge in [-0.15, -0.1) is 0 Å². The van der Waals surface area contributed by atoms with E-state index in [0.29, 0.717) is 13.0 Å². The second-order valence-corrected chi connectivity index (χ2v) is 6.86. The average molecular weight is 391 g/mol. The van der Waals surface area contributed by atoms with Gasteiger partial charge >= 0.3 is 6.09 Å². The molecule has 28 heavy (non-hydrogen) atoms. The molecule has 0 aliphatic heterocycles. The van der Waals surface area contributed by atoms with E-state index in [1.165, 1.54) is 0 Å². The van der Waals surface area contributed by atoms with E-state index in [1.807, 2.05) is 44.2 Å². The maximum Gasteiger partial charge on any atom is 0.405 e. The molecule has 0 aromatic heterocycles. The Morgan fingerprint density at radius 3 is 2.29 bits per heavy atom. The number of amides is 3. The quantitative estimate of drug-likeness (QED) is 0.490. The molecule has 4 N–H and O–H groups in total. The van der Waals surface area contributed by atoms with Gasteiger partial charge in [-0.05, 0) is 37.7 Å². The van der Waals surface area contributed by atoms with E-state index in [-0.39, 0.29) is 18.8 Å². The Morgan fingerprint density at radius 2 is 1.75 bits per heavy atom. The third kappa shape index (κ3) is 8.20. The molecule has 0 saturated heterocycles. The number of primary amides is 1. The minimum Gasteiger partial charge on any atom is -0.436 e. The molecule has 2 atom stereocenters. The minimum absolute atomic E-state index is 0.0527. The first-order valence-electron chi connectivity index (χ1n) is 9.37. The van der Waals surface area contributed by atoms with Crippen molar-refractivity contribution >= 4 is 23.7 Å². The number of nitrogens with two attached hydrogens (primary N) is 1. The molecule has 1 aromatic rings. The summed E-state index contributed by atoms with van der Waals surface area (Å²) in [5.41, 5.74) is 6.02. The topological polar surface area (TPSA) is 128 Å². The monoisotopic (exact) mass is 391 g/mol. The molecule has 0 fully saturated rings. The Hall–Kier alpha value is -2.90. The average Bonchev–Trinajstić information content (AvgIpc) is 2.64. The number of Topliss-reactive ketones (excluding diaryl/α,β-unsaturated/α-hetero) is 1. The van der Waals surface area contributed by atoms with Crippen LogP contribution in [0.3, 0.4) is 0 Å². The van der Waals surface area contributed by atoms with Crippen LogP contribution in [-0.4, -0.2) is 42.4 Å². The highest BCUT2D eigenvalue weighted by molar-refractivity contribution is 6.38. The predicted octanol–water partition coefficient (Wildman–Crippen LogP) is 1.32. The van der Waals surface area contributed by atoms with E-state index in [2.05, 4.69) is 10.6 Å². The molecule has 0 aliphatic rings.